The fourth-order valence-electron chi connectivity index (χ4n) is 1.98. The number of aromatic nitrogens is 3. The largest absolute Gasteiger partial charge is 0.493 e. The molecule has 0 atom stereocenters. The van der Waals surface area contributed by atoms with E-state index in [1.54, 1.807) is 38.0 Å². The van der Waals surface area contributed by atoms with Crippen molar-refractivity contribution in [3.05, 3.63) is 23.2 Å². The Kier molecular flexibility index (Phi) is 4.34. The summed E-state index contributed by atoms with van der Waals surface area (Å²) in [5, 5.41) is 8.20. The Morgan fingerprint density at radius 2 is 1.65 bits per heavy atom. The maximum absolute atomic E-state index is 6.10. The van der Waals surface area contributed by atoms with Crippen molar-refractivity contribution in [1.82, 2.24) is 14.8 Å². The highest BCUT2D eigenvalue weighted by molar-refractivity contribution is 6.28. The molecule has 20 heavy (non-hydrogen) atoms. The fraction of sp³-hybridized carbons (Fsp3) is 0.385. The SMILES string of the molecule is CCc1nnc(Cl)n1-c1cc(OC)c(OC)c(OC)c1. The van der Waals surface area contributed by atoms with E-state index in [4.69, 9.17) is 25.8 Å². The minimum absolute atomic E-state index is 0.288. The monoisotopic (exact) mass is 297 g/mol. The van der Waals surface area contributed by atoms with Crippen molar-refractivity contribution in [2.45, 2.75) is 13.3 Å². The van der Waals surface area contributed by atoms with Crippen molar-refractivity contribution in [1.29, 1.82) is 0 Å². The van der Waals surface area contributed by atoms with Gasteiger partial charge in [0.05, 0.1) is 27.0 Å². The van der Waals surface area contributed by atoms with Crippen molar-refractivity contribution < 1.29 is 14.2 Å². The molecule has 0 unspecified atom stereocenters. The highest BCUT2D eigenvalue weighted by Crippen LogP contribution is 2.39. The molecule has 0 fully saturated rings. The second kappa shape index (κ2) is 6.00. The van der Waals surface area contributed by atoms with E-state index >= 15 is 0 Å². The van der Waals surface area contributed by atoms with Gasteiger partial charge in [-0.15, -0.1) is 10.2 Å². The number of ether oxygens (including phenoxy) is 3. The third kappa shape index (κ3) is 2.38. The molecule has 0 saturated heterocycles. The van der Waals surface area contributed by atoms with E-state index in [0.717, 1.165) is 11.5 Å². The Morgan fingerprint density at radius 3 is 2.10 bits per heavy atom. The lowest BCUT2D eigenvalue weighted by molar-refractivity contribution is 0.324. The topological polar surface area (TPSA) is 58.4 Å². The van der Waals surface area contributed by atoms with Gasteiger partial charge in [-0.25, -0.2) is 0 Å². The van der Waals surface area contributed by atoms with E-state index < -0.39 is 0 Å². The summed E-state index contributed by atoms with van der Waals surface area (Å²) in [6.45, 7) is 1.98. The second-order valence-corrected chi connectivity index (χ2v) is 4.30. The molecule has 1 heterocycles. The summed E-state index contributed by atoms with van der Waals surface area (Å²) in [4.78, 5) is 0. The van der Waals surface area contributed by atoms with E-state index in [1.807, 2.05) is 6.92 Å². The summed E-state index contributed by atoms with van der Waals surface area (Å²) in [6.07, 6.45) is 0.705. The number of halogens is 1. The average Bonchev–Trinajstić information content (AvgIpc) is 2.86. The molecule has 0 aliphatic carbocycles. The van der Waals surface area contributed by atoms with Gasteiger partial charge >= 0.3 is 0 Å². The van der Waals surface area contributed by atoms with E-state index in [9.17, 15) is 0 Å². The first-order valence-electron chi connectivity index (χ1n) is 6.06. The van der Waals surface area contributed by atoms with Gasteiger partial charge in [0.15, 0.2) is 11.5 Å². The van der Waals surface area contributed by atoms with Crippen LogP contribution < -0.4 is 14.2 Å². The van der Waals surface area contributed by atoms with Crippen molar-refractivity contribution in [2.75, 3.05) is 21.3 Å². The molecule has 6 nitrogen and oxygen atoms in total. The van der Waals surface area contributed by atoms with Gasteiger partial charge in [0.1, 0.15) is 5.82 Å². The first-order chi connectivity index (χ1) is 9.65. The Hall–Kier alpha value is -1.95. The molecule has 2 aromatic rings. The molecule has 0 spiro atoms. The number of benzene rings is 1. The predicted molar refractivity (Wildman–Crippen MR) is 75.4 cm³/mol. The van der Waals surface area contributed by atoms with Crippen LogP contribution in [-0.2, 0) is 6.42 Å². The van der Waals surface area contributed by atoms with Crippen LogP contribution in [0.1, 0.15) is 12.7 Å². The van der Waals surface area contributed by atoms with Gasteiger partial charge in [-0.3, -0.25) is 4.57 Å². The zero-order valence-corrected chi connectivity index (χ0v) is 12.6. The van der Waals surface area contributed by atoms with Gasteiger partial charge in [-0.05, 0) is 11.6 Å². The number of aryl methyl sites for hydroxylation is 1. The van der Waals surface area contributed by atoms with Gasteiger partial charge < -0.3 is 14.2 Å². The second-order valence-electron chi connectivity index (χ2n) is 3.96. The summed E-state index contributed by atoms with van der Waals surface area (Å²) in [7, 11) is 4.69. The molecule has 0 aliphatic rings. The Morgan fingerprint density at radius 1 is 1.05 bits per heavy atom. The number of nitrogens with zero attached hydrogens (tertiary/aromatic N) is 3. The third-order valence-corrected chi connectivity index (χ3v) is 3.16. The Balaban J connectivity index is 2.66. The number of hydrogen-bond donors (Lipinski definition) is 0. The molecule has 0 amide bonds. The van der Waals surface area contributed by atoms with E-state index in [-0.39, 0.29) is 5.28 Å². The maximum atomic E-state index is 6.10. The smallest absolute Gasteiger partial charge is 0.229 e. The van der Waals surface area contributed by atoms with Crippen LogP contribution in [0.25, 0.3) is 5.69 Å². The van der Waals surface area contributed by atoms with Crippen LogP contribution in [0.5, 0.6) is 17.2 Å². The summed E-state index contributed by atoms with van der Waals surface area (Å²) in [5.41, 5.74) is 0.756. The summed E-state index contributed by atoms with van der Waals surface area (Å²) >= 11 is 6.10. The van der Waals surface area contributed by atoms with Gasteiger partial charge in [-0.1, -0.05) is 6.92 Å². The summed E-state index contributed by atoms with van der Waals surface area (Å²) in [5.74, 6) is 2.38. The van der Waals surface area contributed by atoms with Crippen molar-refractivity contribution >= 4 is 11.6 Å². The van der Waals surface area contributed by atoms with E-state index in [0.29, 0.717) is 23.7 Å². The molecule has 0 saturated carbocycles. The summed E-state index contributed by atoms with van der Waals surface area (Å²) < 4.78 is 17.7. The maximum Gasteiger partial charge on any atom is 0.229 e. The molecule has 0 aliphatic heterocycles. The van der Waals surface area contributed by atoms with Gasteiger partial charge in [-0.2, -0.15) is 0 Å². The van der Waals surface area contributed by atoms with E-state index in [1.165, 1.54) is 0 Å². The molecule has 108 valence electrons. The van der Waals surface area contributed by atoms with Gasteiger partial charge in [0.25, 0.3) is 0 Å². The number of methoxy groups -OCH3 is 3. The van der Waals surface area contributed by atoms with Crippen LogP contribution in [0.3, 0.4) is 0 Å². The minimum Gasteiger partial charge on any atom is -0.493 e. The highest BCUT2D eigenvalue weighted by Gasteiger charge is 2.17. The molecule has 1 aromatic carbocycles. The van der Waals surface area contributed by atoms with Crippen molar-refractivity contribution in [3.8, 4) is 22.9 Å². The van der Waals surface area contributed by atoms with Crippen molar-refractivity contribution in [3.63, 3.8) is 0 Å². The van der Waals surface area contributed by atoms with Crippen molar-refractivity contribution in [2.24, 2.45) is 0 Å². The summed E-state index contributed by atoms with van der Waals surface area (Å²) in [6, 6.07) is 3.60. The standard InChI is InChI=1S/C13H16ClN3O3/c1-5-11-15-16-13(14)17(11)8-6-9(18-2)12(20-4)10(7-8)19-3/h6-7H,5H2,1-4H3. The van der Waals surface area contributed by atoms with Crippen LogP contribution >= 0.6 is 11.6 Å². The molecular weight excluding hydrogens is 282 g/mol. The minimum atomic E-state index is 0.288. The quantitative estimate of drug-likeness (QED) is 0.848. The average molecular weight is 298 g/mol. The molecule has 0 N–H and O–H groups in total. The van der Waals surface area contributed by atoms with Crippen LogP contribution in [0, 0.1) is 0 Å². The lowest BCUT2D eigenvalue weighted by Gasteiger charge is -2.15. The third-order valence-electron chi connectivity index (χ3n) is 2.91. The molecule has 7 heteroatoms. The lowest BCUT2D eigenvalue weighted by atomic mass is 10.2. The van der Waals surface area contributed by atoms with Crippen LogP contribution in [0.2, 0.25) is 5.28 Å². The molecule has 0 radical (unpaired) electrons. The van der Waals surface area contributed by atoms with Gasteiger partial charge in [0, 0.05) is 18.6 Å². The highest BCUT2D eigenvalue weighted by atomic mass is 35.5. The first kappa shape index (κ1) is 14.5. The zero-order valence-electron chi connectivity index (χ0n) is 11.8. The fourth-order valence-corrected chi connectivity index (χ4v) is 2.21. The Labute approximate surface area is 122 Å². The Bertz CT molecular complexity index is 588. The molecule has 0 bridgehead atoms. The molecule has 2 rings (SSSR count). The van der Waals surface area contributed by atoms with Gasteiger partial charge in [0.2, 0.25) is 11.0 Å². The van der Waals surface area contributed by atoms with E-state index in [2.05, 4.69) is 10.2 Å². The lowest BCUT2D eigenvalue weighted by Crippen LogP contribution is -2.03. The number of hydrogen-bond acceptors (Lipinski definition) is 5. The first-order valence-corrected chi connectivity index (χ1v) is 6.44. The molecule has 1 aromatic heterocycles. The predicted octanol–water partition coefficient (Wildman–Crippen LogP) is 2.51. The number of rotatable bonds is 5. The van der Waals surface area contributed by atoms with Crippen LogP contribution in [0.4, 0.5) is 0 Å². The zero-order chi connectivity index (χ0) is 14.7. The van der Waals surface area contributed by atoms with Crippen LogP contribution in [-0.4, -0.2) is 36.1 Å². The molecular formula is C13H16ClN3O3. The van der Waals surface area contributed by atoms with Crippen LogP contribution in [0.15, 0.2) is 12.1 Å². The normalized spacial score (nSPS) is 10.4.